The average Bonchev–Trinajstić information content (AvgIpc) is 2.56. The lowest BCUT2D eigenvalue weighted by Gasteiger charge is -2.25. The van der Waals surface area contributed by atoms with Gasteiger partial charge in [-0.15, -0.1) is 0 Å². The number of nitrogens with zero attached hydrogens (tertiary/aromatic N) is 1. The molecule has 0 amide bonds. The molecule has 0 radical (unpaired) electrons. The minimum absolute atomic E-state index is 0.729. The molecule has 1 N–H and O–H groups in total. The first-order chi connectivity index (χ1) is 10.8. The third kappa shape index (κ3) is 2.35. The first kappa shape index (κ1) is 13.3. The van der Waals surface area contributed by atoms with Crippen LogP contribution < -0.4 is 5.32 Å². The highest BCUT2D eigenvalue weighted by Gasteiger charge is 2.21. The lowest BCUT2D eigenvalue weighted by molar-refractivity contribution is 0.496. The molecule has 0 saturated carbocycles. The molecule has 2 aromatic carbocycles. The number of para-hydroxylation sites is 2. The minimum Gasteiger partial charge on any atom is -0.355 e. The number of hydrogen-bond acceptors (Lipinski definition) is 2. The predicted molar refractivity (Wildman–Crippen MR) is 92.7 cm³/mol. The Morgan fingerprint density at radius 1 is 1.00 bits per heavy atom. The van der Waals surface area contributed by atoms with Crippen LogP contribution in [-0.2, 0) is 12.8 Å². The van der Waals surface area contributed by atoms with Gasteiger partial charge in [-0.05, 0) is 48.9 Å². The molecule has 0 bridgehead atoms. The molecule has 0 saturated heterocycles. The van der Waals surface area contributed by atoms with E-state index in [4.69, 9.17) is 4.98 Å². The summed E-state index contributed by atoms with van der Waals surface area (Å²) in [6.07, 6.45) is 3.44. The van der Waals surface area contributed by atoms with E-state index in [9.17, 15) is 0 Å². The number of aryl methyl sites for hydroxylation is 1. The van der Waals surface area contributed by atoms with Crippen LogP contribution in [0.5, 0.6) is 0 Å². The highest BCUT2D eigenvalue weighted by atomic mass is 14.9. The third-order valence-corrected chi connectivity index (χ3v) is 4.55. The fourth-order valence-electron chi connectivity index (χ4n) is 3.37. The van der Waals surface area contributed by atoms with Gasteiger partial charge in [0.2, 0.25) is 0 Å². The van der Waals surface area contributed by atoms with Gasteiger partial charge in [0.15, 0.2) is 0 Å². The molecular formula is C20H20N2. The largest absolute Gasteiger partial charge is 0.355 e. The number of nitrogens with one attached hydrogen (secondary N) is 1. The summed E-state index contributed by atoms with van der Waals surface area (Å²) in [6.45, 7) is 2.34. The van der Waals surface area contributed by atoms with Gasteiger partial charge >= 0.3 is 0 Å². The number of hydrogen-bond donors (Lipinski definition) is 1. The molecule has 110 valence electrons. The number of benzene rings is 2. The van der Waals surface area contributed by atoms with E-state index >= 15 is 0 Å². The van der Waals surface area contributed by atoms with Crippen molar-refractivity contribution in [2.45, 2.75) is 26.2 Å². The second-order valence-corrected chi connectivity index (χ2v) is 6.27. The molecule has 2 nitrogen and oxygen atoms in total. The lowest BCUT2D eigenvalue weighted by Crippen LogP contribution is -2.15. The highest BCUT2D eigenvalue weighted by molar-refractivity contribution is 5.95. The van der Waals surface area contributed by atoms with Crippen LogP contribution in [0.1, 0.15) is 24.6 Å². The van der Waals surface area contributed by atoms with Crippen LogP contribution >= 0.6 is 0 Å². The average molecular weight is 288 g/mol. The molecule has 2 heteroatoms. The van der Waals surface area contributed by atoms with Crippen LogP contribution in [-0.4, -0.2) is 4.98 Å². The summed E-state index contributed by atoms with van der Waals surface area (Å²) < 4.78 is 0. The van der Waals surface area contributed by atoms with E-state index in [1.54, 1.807) is 0 Å². The van der Waals surface area contributed by atoms with Gasteiger partial charge in [0.05, 0.1) is 11.2 Å². The lowest BCUT2D eigenvalue weighted by atomic mass is 9.86. The van der Waals surface area contributed by atoms with E-state index in [2.05, 4.69) is 60.8 Å². The molecule has 1 aliphatic rings. The van der Waals surface area contributed by atoms with Crippen LogP contribution in [0.15, 0.2) is 54.6 Å². The minimum atomic E-state index is 0.729. The quantitative estimate of drug-likeness (QED) is 0.709. The third-order valence-electron chi connectivity index (χ3n) is 4.55. The number of fused-ring (bicyclic) bond motifs is 2. The second kappa shape index (κ2) is 5.45. The van der Waals surface area contributed by atoms with Crippen molar-refractivity contribution in [1.82, 2.24) is 4.98 Å². The number of pyridine rings is 1. The van der Waals surface area contributed by atoms with Crippen molar-refractivity contribution in [3.63, 3.8) is 0 Å². The van der Waals surface area contributed by atoms with Crippen LogP contribution in [0.3, 0.4) is 0 Å². The summed E-state index contributed by atoms with van der Waals surface area (Å²) in [7, 11) is 0. The number of anilines is 2. The van der Waals surface area contributed by atoms with Crippen LogP contribution in [0.4, 0.5) is 11.4 Å². The van der Waals surface area contributed by atoms with Crippen LogP contribution in [0, 0.1) is 5.92 Å². The van der Waals surface area contributed by atoms with E-state index in [1.165, 1.54) is 28.8 Å². The molecular weight excluding hydrogens is 268 g/mol. The predicted octanol–water partition coefficient (Wildman–Crippen LogP) is 5.10. The van der Waals surface area contributed by atoms with E-state index in [-0.39, 0.29) is 0 Å². The fourth-order valence-corrected chi connectivity index (χ4v) is 3.37. The zero-order chi connectivity index (χ0) is 14.9. The number of aromatic nitrogens is 1. The Hall–Kier alpha value is -2.35. The van der Waals surface area contributed by atoms with Crippen molar-refractivity contribution in [1.29, 1.82) is 0 Å². The Kier molecular flexibility index (Phi) is 3.30. The molecule has 1 aliphatic carbocycles. The molecule has 4 rings (SSSR count). The molecule has 1 aromatic heterocycles. The first-order valence-electron chi connectivity index (χ1n) is 8.04. The summed E-state index contributed by atoms with van der Waals surface area (Å²) in [4.78, 5) is 4.91. The summed E-state index contributed by atoms with van der Waals surface area (Å²) in [5, 5.41) is 4.88. The van der Waals surface area contributed by atoms with Crippen LogP contribution in [0.25, 0.3) is 10.9 Å². The Labute approximate surface area is 131 Å². The van der Waals surface area contributed by atoms with Crippen molar-refractivity contribution >= 4 is 22.3 Å². The summed E-state index contributed by atoms with van der Waals surface area (Å²) >= 11 is 0. The summed E-state index contributed by atoms with van der Waals surface area (Å²) in [5.74, 6) is 0.729. The van der Waals surface area contributed by atoms with Gasteiger partial charge in [0, 0.05) is 16.8 Å². The van der Waals surface area contributed by atoms with Gasteiger partial charge in [0.1, 0.15) is 0 Å². The Morgan fingerprint density at radius 3 is 2.64 bits per heavy atom. The van der Waals surface area contributed by atoms with Gasteiger partial charge in [0.25, 0.3) is 0 Å². The van der Waals surface area contributed by atoms with Gasteiger partial charge < -0.3 is 5.32 Å². The molecule has 0 aliphatic heterocycles. The molecule has 0 unspecified atom stereocenters. The van der Waals surface area contributed by atoms with Crippen molar-refractivity contribution in [2.75, 3.05) is 5.32 Å². The SMILES string of the molecule is C[C@@H]1CCc2nc3ccccc3c(Nc3ccccc3)c2C1. The maximum absolute atomic E-state index is 4.91. The van der Waals surface area contributed by atoms with E-state index in [0.29, 0.717) is 0 Å². The topological polar surface area (TPSA) is 24.9 Å². The van der Waals surface area contributed by atoms with Crippen molar-refractivity contribution in [2.24, 2.45) is 5.92 Å². The zero-order valence-electron chi connectivity index (χ0n) is 12.8. The highest BCUT2D eigenvalue weighted by Crippen LogP contribution is 2.36. The van der Waals surface area contributed by atoms with Crippen molar-refractivity contribution < 1.29 is 0 Å². The Bertz CT molecular complexity index is 809. The second-order valence-electron chi connectivity index (χ2n) is 6.27. The van der Waals surface area contributed by atoms with Crippen LogP contribution in [0.2, 0.25) is 0 Å². The molecule has 1 atom stereocenters. The molecule has 1 heterocycles. The fraction of sp³-hybridized carbons (Fsp3) is 0.250. The van der Waals surface area contributed by atoms with Gasteiger partial charge in [-0.3, -0.25) is 4.98 Å². The van der Waals surface area contributed by atoms with E-state index < -0.39 is 0 Å². The maximum Gasteiger partial charge on any atom is 0.0726 e. The smallest absolute Gasteiger partial charge is 0.0726 e. The Balaban J connectivity index is 1.91. The normalized spacial score (nSPS) is 17.2. The standard InChI is InChI=1S/C20H20N2/c1-14-11-12-19-17(13-14)20(21-15-7-3-2-4-8-15)16-9-5-6-10-18(16)22-19/h2-10,14H,11-13H2,1H3,(H,21,22)/t14-/m1/s1. The maximum atomic E-state index is 4.91. The van der Waals surface area contributed by atoms with Crippen molar-refractivity contribution in [3.05, 3.63) is 65.9 Å². The molecule has 0 fully saturated rings. The number of rotatable bonds is 2. The Morgan fingerprint density at radius 2 is 1.77 bits per heavy atom. The molecule has 22 heavy (non-hydrogen) atoms. The van der Waals surface area contributed by atoms with E-state index in [0.717, 1.165) is 30.0 Å². The first-order valence-corrected chi connectivity index (χ1v) is 8.04. The monoisotopic (exact) mass is 288 g/mol. The zero-order valence-corrected chi connectivity index (χ0v) is 12.8. The van der Waals surface area contributed by atoms with Gasteiger partial charge in [-0.2, -0.15) is 0 Å². The summed E-state index contributed by atoms with van der Waals surface area (Å²) in [5.41, 5.74) is 6.16. The molecule has 3 aromatic rings. The van der Waals surface area contributed by atoms with Gasteiger partial charge in [-0.25, -0.2) is 0 Å². The van der Waals surface area contributed by atoms with Gasteiger partial charge in [-0.1, -0.05) is 43.3 Å². The van der Waals surface area contributed by atoms with E-state index in [1.807, 2.05) is 6.07 Å². The van der Waals surface area contributed by atoms with Crippen molar-refractivity contribution in [3.8, 4) is 0 Å². The summed E-state index contributed by atoms with van der Waals surface area (Å²) in [6, 6.07) is 18.9. The molecule has 0 spiro atoms.